The normalized spacial score (nSPS) is 13.6. The zero-order chi connectivity index (χ0) is 14.5. The lowest BCUT2D eigenvalue weighted by Crippen LogP contribution is -2.19. The first-order valence-electron chi connectivity index (χ1n) is 6.86. The van der Waals surface area contributed by atoms with E-state index in [9.17, 15) is 9.59 Å². The van der Waals surface area contributed by atoms with Crippen LogP contribution in [-0.4, -0.2) is 28.5 Å². The first-order chi connectivity index (χ1) is 9.58. The van der Waals surface area contributed by atoms with Gasteiger partial charge >= 0.3 is 5.97 Å². The molecule has 20 heavy (non-hydrogen) atoms. The van der Waals surface area contributed by atoms with E-state index >= 15 is 0 Å². The minimum Gasteiger partial charge on any atom is -0.481 e. The molecule has 0 bridgehead atoms. The van der Waals surface area contributed by atoms with E-state index in [1.54, 1.807) is 0 Å². The molecule has 1 aliphatic rings. The lowest BCUT2D eigenvalue weighted by Gasteiger charge is -2.18. The number of fused-ring (bicyclic) bond motifs is 1. The van der Waals surface area contributed by atoms with E-state index < -0.39 is 11.9 Å². The highest BCUT2D eigenvalue weighted by molar-refractivity contribution is 5.97. The van der Waals surface area contributed by atoms with Crippen LogP contribution in [0.3, 0.4) is 0 Å². The van der Waals surface area contributed by atoms with Crippen LogP contribution in [0, 0.1) is 0 Å². The van der Waals surface area contributed by atoms with Crippen LogP contribution in [0.25, 0.3) is 0 Å². The van der Waals surface area contributed by atoms with Gasteiger partial charge in [0.25, 0.3) is 5.91 Å². The van der Waals surface area contributed by atoms with Crippen LogP contribution in [0.2, 0.25) is 0 Å². The van der Waals surface area contributed by atoms with Crippen molar-refractivity contribution in [3.05, 3.63) is 22.9 Å². The number of anilines is 1. The van der Waals surface area contributed by atoms with Gasteiger partial charge in [0.15, 0.2) is 0 Å². The number of primary amides is 1. The van der Waals surface area contributed by atoms with Gasteiger partial charge in [0, 0.05) is 18.7 Å². The molecule has 0 saturated carbocycles. The summed E-state index contributed by atoms with van der Waals surface area (Å²) in [4.78, 5) is 26.4. The van der Waals surface area contributed by atoms with Gasteiger partial charge < -0.3 is 16.2 Å². The third-order valence-electron chi connectivity index (χ3n) is 3.43. The zero-order valence-corrected chi connectivity index (χ0v) is 11.3. The quantitative estimate of drug-likeness (QED) is 0.680. The second-order valence-electron chi connectivity index (χ2n) is 4.99. The Bertz CT molecular complexity index is 529. The highest BCUT2D eigenvalue weighted by atomic mass is 16.4. The monoisotopic (exact) mass is 277 g/mol. The summed E-state index contributed by atoms with van der Waals surface area (Å²) in [6, 6.07) is 1.82. The second-order valence-corrected chi connectivity index (χ2v) is 4.99. The van der Waals surface area contributed by atoms with E-state index in [0.717, 1.165) is 36.9 Å². The molecule has 0 unspecified atom stereocenters. The van der Waals surface area contributed by atoms with Crippen LogP contribution in [0.15, 0.2) is 6.07 Å². The molecule has 1 aliphatic carbocycles. The smallest absolute Gasteiger partial charge is 0.303 e. The molecule has 0 radical (unpaired) electrons. The zero-order valence-electron chi connectivity index (χ0n) is 11.3. The van der Waals surface area contributed by atoms with Crippen LogP contribution in [0.1, 0.15) is 47.3 Å². The summed E-state index contributed by atoms with van der Waals surface area (Å²) < 4.78 is 0. The Labute approximate surface area is 117 Å². The topological polar surface area (TPSA) is 105 Å². The maximum atomic E-state index is 11.5. The average molecular weight is 277 g/mol. The highest BCUT2D eigenvalue weighted by Crippen LogP contribution is 2.24. The number of nitrogens with one attached hydrogen (secondary N) is 1. The largest absolute Gasteiger partial charge is 0.481 e. The summed E-state index contributed by atoms with van der Waals surface area (Å²) >= 11 is 0. The molecule has 0 aliphatic heterocycles. The number of aliphatic carboxylic acids is 1. The number of amides is 1. The van der Waals surface area contributed by atoms with Gasteiger partial charge in [-0.05, 0) is 43.7 Å². The molecule has 108 valence electrons. The Balaban J connectivity index is 2.13. The second kappa shape index (κ2) is 6.36. The molecule has 1 amide bonds. The Morgan fingerprint density at radius 3 is 2.80 bits per heavy atom. The maximum Gasteiger partial charge on any atom is 0.303 e. The molecule has 0 atom stereocenters. The highest BCUT2D eigenvalue weighted by Gasteiger charge is 2.17. The van der Waals surface area contributed by atoms with Crippen molar-refractivity contribution >= 4 is 17.7 Å². The summed E-state index contributed by atoms with van der Waals surface area (Å²) in [5.41, 5.74) is 7.89. The lowest BCUT2D eigenvalue weighted by molar-refractivity contribution is -0.137. The number of nitrogens with two attached hydrogens (primary N) is 1. The summed E-state index contributed by atoms with van der Waals surface area (Å²) in [5.74, 6) is -0.865. The first-order valence-corrected chi connectivity index (χ1v) is 6.86. The van der Waals surface area contributed by atoms with E-state index in [1.807, 2.05) is 6.07 Å². The number of carbonyl (C=O) groups is 2. The average Bonchev–Trinajstić information content (AvgIpc) is 2.42. The molecule has 0 fully saturated rings. The van der Waals surface area contributed by atoms with Crippen molar-refractivity contribution < 1.29 is 14.7 Å². The van der Waals surface area contributed by atoms with Crippen molar-refractivity contribution in [2.75, 3.05) is 11.9 Å². The number of hydrogen-bond acceptors (Lipinski definition) is 4. The van der Waals surface area contributed by atoms with Gasteiger partial charge in [0.2, 0.25) is 0 Å². The van der Waals surface area contributed by atoms with Gasteiger partial charge in [-0.1, -0.05) is 0 Å². The predicted molar refractivity (Wildman–Crippen MR) is 74.8 cm³/mol. The fourth-order valence-corrected chi connectivity index (χ4v) is 2.40. The standard InChI is InChI=1S/C14H19N3O3/c15-13(20)10-8-9-4-1-2-5-11(9)17-14(10)16-7-3-6-12(18)19/h8H,1-7H2,(H2,15,20)(H,16,17)(H,18,19). The van der Waals surface area contributed by atoms with Crippen LogP contribution in [0.5, 0.6) is 0 Å². The number of aryl methyl sites for hydroxylation is 2. The van der Waals surface area contributed by atoms with Crippen molar-refractivity contribution in [1.29, 1.82) is 0 Å². The van der Waals surface area contributed by atoms with Crippen molar-refractivity contribution in [2.24, 2.45) is 5.73 Å². The summed E-state index contributed by atoms with van der Waals surface area (Å²) in [5, 5.41) is 11.6. The number of nitrogens with zero attached hydrogens (tertiary/aromatic N) is 1. The van der Waals surface area contributed by atoms with Crippen molar-refractivity contribution in [1.82, 2.24) is 4.98 Å². The van der Waals surface area contributed by atoms with E-state index in [1.165, 1.54) is 0 Å². The van der Waals surface area contributed by atoms with Gasteiger partial charge in [-0.2, -0.15) is 0 Å². The molecule has 2 rings (SSSR count). The number of rotatable bonds is 6. The van der Waals surface area contributed by atoms with Gasteiger partial charge in [-0.3, -0.25) is 9.59 Å². The van der Waals surface area contributed by atoms with Gasteiger partial charge in [0.1, 0.15) is 5.82 Å². The van der Waals surface area contributed by atoms with Crippen molar-refractivity contribution in [3.8, 4) is 0 Å². The van der Waals surface area contributed by atoms with E-state index in [-0.39, 0.29) is 6.42 Å². The molecule has 6 nitrogen and oxygen atoms in total. The van der Waals surface area contributed by atoms with Gasteiger partial charge in [0.05, 0.1) is 5.56 Å². The fourth-order valence-electron chi connectivity index (χ4n) is 2.40. The van der Waals surface area contributed by atoms with Crippen LogP contribution < -0.4 is 11.1 Å². The molecule has 1 aromatic heterocycles. The third-order valence-corrected chi connectivity index (χ3v) is 3.43. The maximum absolute atomic E-state index is 11.5. The van der Waals surface area contributed by atoms with Crippen LogP contribution >= 0.6 is 0 Å². The minimum absolute atomic E-state index is 0.0871. The van der Waals surface area contributed by atoms with Gasteiger partial charge in [-0.15, -0.1) is 0 Å². The Kier molecular flexibility index (Phi) is 4.55. The Morgan fingerprint density at radius 1 is 1.35 bits per heavy atom. The van der Waals surface area contributed by atoms with Crippen molar-refractivity contribution in [2.45, 2.75) is 38.5 Å². The number of carbonyl (C=O) groups excluding carboxylic acids is 1. The Hall–Kier alpha value is -2.11. The molecular weight excluding hydrogens is 258 g/mol. The van der Waals surface area contributed by atoms with E-state index in [0.29, 0.717) is 24.3 Å². The van der Waals surface area contributed by atoms with E-state index in [2.05, 4.69) is 10.3 Å². The molecule has 0 aromatic carbocycles. The van der Waals surface area contributed by atoms with Crippen LogP contribution in [0.4, 0.5) is 5.82 Å². The molecule has 4 N–H and O–H groups in total. The Morgan fingerprint density at radius 2 is 2.10 bits per heavy atom. The van der Waals surface area contributed by atoms with Crippen molar-refractivity contribution in [3.63, 3.8) is 0 Å². The fraction of sp³-hybridized carbons (Fsp3) is 0.500. The number of aromatic nitrogens is 1. The molecule has 1 heterocycles. The first kappa shape index (κ1) is 14.3. The predicted octanol–water partition coefficient (Wildman–Crippen LogP) is 1.34. The minimum atomic E-state index is -0.833. The van der Waals surface area contributed by atoms with E-state index in [4.69, 9.17) is 10.8 Å². The third kappa shape index (κ3) is 3.46. The molecule has 6 heteroatoms. The lowest BCUT2D eigenvalue weighted by atomic mass is 9.94. The van der Waals surface area contributed by atoms with Gasteiger partial charge in [-0.25, -0.2) is 4.98 Å². The molecular formula is C14H19N3O3. The summed E-state index contributed by atoms with van der Waals surface area (Å²) in [7, 11) is 0. The van der Waals surface area contributed by atoms with Crippen LogP contribution in [-0.2, 0) is 17.6 Å². The molecule has 0 spiro atoms. The SMILES string of the molecule is NC(=O)c1cc2c(nc1NCCCC(=O)O)CCCC2. The summed E-state index contributed by atoms with van der Waals surface area (Å²) in [6.07, 6.45) is 4.63. The number of pyridine rings is 1. The number of hydrogen-bond donors (Lipinski definition) is 3. The number of carboxylic acids is 1. The number of carboxylic acid groups (broad SMARTS) is 1. The molecule has 1 aromatic rings. The summed E-state index contributed by atoms with van der Waals surface area (Å²) in [6.45, 7) is 0.457. The molecule has 0 saturated heterocycles.